The van der Waals surface area contributed by atoms with Gasteiger partial charge in [-0.1, -0.05) is 26.8 Å². The molecule has 1 saturated heterocycles. The fraction of sp³-hybridized carbons (Fsp3) is 0.769. The summed E-state index contributed by atoms with van der Waals surface area (Å²) in [4.78, 5) is 46.7. The Hall–Kier alpha value is -2.27. The lowest BCUT2D eigenvalue weighted by Gasteiger charge is -2.33. The van der Waals surface area contributed by atoms with Crippen LogP contribution in [0.25, 0.3) is 0 Å². The molecule has 0 aromatic heterocycles. The summed E-state index contributed by atoms with van der Waals surface area (Å²) in [6.07, 6.45) is 6.31. The third-order valence-corrected chi connectivity index (χ3v) is 9.67. The van der Waals surface area contributed by atoms with Crippen LogP contribution in [0.15, 0.2) is 17.6 Å². The number of aliphatic imine (C=N–C) groups is 1. The number of hydrogen-bond acceptors (Lipinski definition) is 7. The van der Waals surface area contributed by atoms with Crippen LogP contribution in [0.5, 0.6) is 0 Å². The summed E-state index contributed by atoms with van der Waals surface area (Å²) in [6, 6.07) is -1.94. The summed E-state index contributed by atoms with van der Waals surface area (Å²) in [6.45, 7) is 11.7. The molecule has 0 aromatic carbocycles. The van der Waals surface area contributed by atoms with E-state index in [-0.39, 0.29) is 25.3 Å². The van der Waals surface area contributed by atoms with Crippen LogP contribution < -0.4 is 15.8 Å². The second-order valence-corrected chi connectivity index (χ2v) is 14.4. The lowest BCUT2D eigenvalue weighted by Crippen LogP contribution is -2.57. The molecule has 0 bridgehead atoms. The zero-order valence-electron chi connectivity index (χ0n) is 22.3. The molecular formula is C26H41N5O5S. The highest BCUT2D eigenvalue weighted by molar-refractivity contribution is 7.91. The summed E-state index contributed by atoms with van der Waals surface area (Å²) < 4.78 is 26.9. The van der Waals surface area contributed by atoms with Crippen LogP contribution in [0.4, 0.5) is 0 Å². The van der Waals surface area contributed by atoms with Crippen molar-refractivity contribution in [3.8, 4) is 0 Å². The van der Waals surface area contributed by atoms with Crippen LogP contribution in [0.3, 0.4) is 0 Å². The Morgan fingerprint density at radius 2 is 1.86 bits per heavy atom. The molecule has 4 N–H and O–H groups in total. The van der Waals surface area contributed by atoms with E-state index < -0.39 is 62.1 Å². The molecule has 4 fully saturated rings. The van der Waals surface area contributed by atoms with Crippen LogP contribution in [-0.4, -0.2) is 72.2 Å². The molecule has 1 heterocycles. The number of amides is 3. The van der Waals surface area contributed by atoms with Crippen LogP contribution in [0.2, 0.25) is 0 Å². The molecule has 2 unspecified atom stereocenters. The number of hydrogen-bond donors (Lipinski definition) is 3. The summed E-state index contributed by atoms with van der Waals surface area (Å²) in [5.41, 5.74) is 5.27. The van der Waals surface area contributed by atoms with Gasteiger partial charge in [-0.05, 0) is 63.2 Å². The van der Waals surface area contributed by atoms with Gasteiger partial charge >= 0.3 is 0 Å². The van der Waals surface area contributed by atoms with E-state index >= 15 is 0 Å². The van der Waals surface area contributed by atoms with E-state index in [1.165, 1.54) is 17.7 Å². The molecule has 3 amide bonds. The van der Waals surface area contributed by atoms with Gasteiger partial charge in [-0.2, -0.15) is 0 Å². The number of likely N-dealkylation sites (tertiary alicyclic amines) is 1. The largest absolute Gasteiger partial charge is 0.339 e. The first kappa shape index (κ1) is 27.8. The van der Waals surface area contributed by atoms with Crippen molar-refractivity contribution in [1.82, 2.24) is 14.9 Å². The molecule has 4 rings (SSSR count). The number of nitrogens with zero attached hydrogens (tertiary/aromatic N) is 2. The molecule has 11 heteroatoms. The minimum atomic E-state index is -3.78. The maximum absolute atomic E-state index is 13.8. The quantitative estimate of drug-likeness (QED) is 0.283. The fourth-order valence-corrected chi connectivity index (χ4v) is 6.53. The fourth-order valence-electron chi connectivity index (χ4n) is 5.17. The number of nitrogens with one attached hydrogen (secondary N) is 2. The van der Waals surface area contributed by atoms with Crippen LogP contribution in [0, 0.1) is 17.3 Å². The first-order valence-electron chi connectivity index (χ1n) is 13.3. The average Bonchev–Trinajstić information content (AvgIpc) is 3.66. The highest BCUT2D eigenvalue weighted by atomic mass is 32.2. The zero-order chi connectivity index (χ0) is 27.3. The maximum Gasteiger partial charge on any atom is 0.259 e. The van der Waals surface area contributed by atoms with Crippen molar-refractivity contribution in [3.63, 3.8) is 0 Å². The zero-order valence-corrected chi connectivity index (χ0v) is 23.1. The van der Waals surface area contributed by atoms with E-state index in [4.69, 9.17) is 10.7 Å². The molecule has 37 heavy (non-hydrogen) atoms. The highest BCUT2D eigenvalue weighted by Crippen LogP contribution is 2.45. The molecule has 0 spiro atoms. The Morgan fingerprint density at radius 1 is 1.22 bits per heavy atom. The van der Waals surface area contributed by atoms with Crippen molar-refractivity contribution < 1.29 is 22.8 Å². The molecule has 0 radical (unpaired) electrons. The molecule has 3 aliphatic carbocycles. The summed E-state index contributed by atoms with van der Waals surface area (Å²) >= 11 is 0. The average molecular weight is 536 g/mol. The van der Waals surface area contributed by atoms with E-state index in [9.17, 15) is 22.8 Å². The van der Waals surface area contributed by atoms with Crippen molar-refractivity contribution >= 4 is 33.5 Å². The van der Waals surface area contributed by atoms with Crippen molar-refractivity contribution in [3.05, 3.63) is 12.7 Å². The van der Waals surface area contributed by atoms with Crippen LogP contribution in [-0.2, 0) is 24.4 Å². The second kappa shape index (κ2) is 9.80. The number of rotatable bonds is 10. The second-order valence-electron chi connectivity index (χ2n) is 12.5. The first-order valence-corrected chi connectivity index (χ1v) is 14.8. The maximum atomic E-state index is 13.8. The molecule has 206 valence electrons. The Labute approximate surface area is 219 Å². The number of carbonyl (C=O) groups excluding carboxylic acids is 3. The van der Waals surface area contributed by atoms with Gasteiger partial charge in [0.15, 0.2) is 0 Å². The Balaban J connectivity index is 1.51. The molecule has 1 aliphatic heterocycles. The number of carbonyl (C=O) groups is 3. The molecular weight excluding hydrogens is 494 g/mol. The van der Waals surface area contributed by atoms with Crippen molar-refractivity contribution in [1.29, 1.82) is 0 Å². The minimum absolute atomic E-state index is 0.209. The smallest absolute Gasteiger partial charge is 0.259 e. The molecule has 5 atom stereocenters. The summed E-state index contributed by atoms with van der Waals surface area (Å²) in [7, 11) is -3.78. The van der Waals surface area contributed by atoms with E-state index in [1.54, 1.807) is 6.08 Å². The number of nitrogens with two attached hydrogens (primary N) is 1. The molecule has 3 saturated carbocycles. The van der Waals surface area contributed by atoms with E-state index in [0.717, 1.165) is 12.1 Å². The van der Waals surface area contributed by atoms with Crippen molar-refractivity contribution in [2.45, 2.75) is 102 Å². The van der Waals surface area contributed by atoms with Gasteiger partial charge < -0.3 is 16.0 Å². The standard InChI is InChI=1S/C26H41N5O5S/c1-6-17-13-26(17,24(34)30-37(35,36)19-9-10-19)29-22(32)20-12-18(27)14-31(20)23(33)21(25(3,4)5)28-15(2)11-16-7-8-16/h6,16-21H,1,7-14,27H2,2-5H3,(H,29,32)(H,30,34)/t17?,18-,20+,21-,26?/m1/s1. The van der Waals surface area contributed by atoms with Gasteiger partial charge in [-0.15, -0.1) is 6.58 Å². The third-order valence-electron chi connectivity index (χ3n) is 7.85. The lowest BCUT2D eigenvalue weighted by atomic mass is 9.85. The van der Waals surface area contributed by atoms with Gasteiger partial charge in [0.2, 0.25) is 21.8 Å². The van der Waals surface area contributed by atoms with E-state index in [0.29, 0.717) is 18.8 Å². The Morgan fingerprint density at radius 3 is 2.38 bits per heavy atom. The Kier molecular flexibility index (Phi) is 7.35. The molecule has 10 nitrogen and oxygen atoms in total. The molecule has 0 aromatic rings. The van der Waals surface area contributed by atoms with E-state index in [2.05, 4.69) is 16.6 Å². The number of sulfonamides is 1. The van der Waals surface area contributed by atoms with Crippen molar-refractivity contribution in [2.24, 2.45) is 28.0 Å². The Bertz CT molecular complexity index is 1100. The SMILES string of the molecule is C=CC1CC1(NC(=O)[C@@H]1C[C@@H](N)CN1C(=O)[C@@H](N=C(C)CC1CC1)C(C)(C)C)C(=O)NS(=O)(=O)C1CC1. The monoisotopic (exact) mass is 535 g/mol. The van der Waals surface area contributed by atoms with E-state index in [1.807, 2.05) is 27.7 Å². The first-order chi connectivity index (χ1) is 17.2. The lowest BCUT2D eigenvalue weighted by molar-refractivity contribution is -0.142. The predicted molar refractivity (Wildman–Crippen MR) is 141 cm³/mol. The summed E-state index contributed by atoms with van der Waals surface area (Å²) in [5.74, 6) is -1.30. The van der Waals surface area contributed by atoms with Gasteiger partial charge in [0.05, 0.1) is 5.25 Å². The highest BCUT2D eigenvalue weighted by Gasteiger charge is 2.62. The predicted octanol–water partition coefficient (Wildman–Crippen LogP) is 1.26. The van der Waals surface area contributed by atoms with Gasteiger partial charge in [0.1, 0.15) is 17.6 Å². The van der Waals surface area contributed by atoms with Crippen LogP contribution in [0.1, 0.15) is 72.6 Å². The van der Waals surface area contributed by atoms with Crippen molar-refractivity contribution in [2.75, 3.05) is 6.54 Å². The normalized spacial score (nSPS) is 31.0. The topological polar surface area (TPSA) is 151 Å². The minimum Gasteiger partial charge on any atom is -0.339 e. The van der Waals surface area contributed by atoms with Gasteiger partial charge in [-0.3, -0.25) is 24.1 Å². The summed E-state index contributed by atoms with van der Waals surface area (Å²) in [5, 5.41) is 2.21. The van der Waals surface area contributed by atoms with Gasteiger partial charge in [-0.25, -0.2) is 8.42 Å². The van der Waals surface area contributed by atoms with Crippen LogP contribution >= 0.6 is 0 Å². The van der Waals surface area contributed by atoms with Gasteiger partial charge in [0.25, 0.3) is 5.91 Å². The molecule has 4 aliphatic rings. The van der Waals surface area contributed by atoms with Gasteiger partial charge in [0, 0.05) is 24.2 Å². The third kappa shape index (κ3) is 6.08.